The maximum Gasteiger partial charge on any atom is 0.416 e. The molecule has 2 N–H and O–H groups in total. The van der Waals surface area contributed by atoms with Gasteiger partial charge in [-0.1, -0.05) is 0 Å². The minimum absolute atomic E-state index is 0.103. The molecule has 2 aromatic rings. The van der Waals surface area contributed by atoms with Crippen LogP contribution in [0.2, 0.25) is 0 Å². The summed E-state index contributed by atoms with van der Waals surface area (Å²) in [6.45, 7) is 7.67. The maximum atomic E-state index is 12.9. The number of nitrogens with zero attached hydrogens (tertiary/aromatic N) is 3. The lowest BCUT2D eigenvalue weighted by Gasteiger charge is -2.37. The fourth-order valence-electron chi connectivity index (χ4n) is 4.16. The summed E-state index contributed by atoms with van der Waals surface area (Å²) in [4.78, 5) is 14.2. The zero-order chi connectivity index (χ0) is 24.4. The summed E-state index contributed by atoms with van der Waals surface area (Å²) in [7, 11) is 1.39. The topological polar surface area (TPSA) is 87.6 Å². The first-order valence-corrected chi connectivity index (χ1v) is 10.7. The molecule has 0 amide bonds. The zero-order valence-electron chi connectivity index (χ0n) is 19.2. The highest BCUT2D eigenvalue weighted by molar-refractivity contribution is 5.76. The van der Waals surface area contributed by atoms with E-state index in [2.05, 4.69) is 20.4 Å². The van der Waals surface area contributed by atoms with Crippen molar-refractivity contribution in [1.82, 2.24) is 15.1 Å². The Morgan fingerprint density at radius 2 is 2.00 bits per heavy atom. The minimum atomic E-state index is -4.54. The average molecular weight is 467 g/mol. The average Bonchev–Trinajstić information content (AvgIpc) is 2.73. The highest BCUT2D eigenvalue weighted by Gasteiger charge is 2.33. The molecule has 33 heavy (non-hydrogen) atoms. The van der Waals surface area contributed by atoms with E-state index < -0.39 is 22.9 Å². The molecule has 0 radical (unpaired) electrons. The number of esters is 1. The molecule has 1 aliphatic heterocycles. The minimum Gasteiger partial charge on any atom is -0.507 e. The number of methoxy groups -OCH3 is 1. The number of carbonyl (C=O) groups excluding carboxylic acids is 1. The van der Waals surface area contributed by atoms with Crippen molar-refractivity contribution in [2.75, 3.05) is 32.1 Å². The lowest BCUT2D eigenvalue weighted by Crippen LogP contribution is -2.47. The molecule has 0 bridgehead atoms. The van der Waals surface area contributed by atoms with Gasteiger partial charge < -0.3 is 20.1 Å². The van der Waals surface area contributed by atoms with Crippen LogP contribution in [-0.2, 0) is 15.7 Å². The Morgan fingerprint density at radius 3 is 2.61 bits per heavy atom. The summed E-state index contributed by atoms with van der Waals surface area (Å²) in [6, 6.07) is 4.66. The van der Waals surface area contributed by atoms with Gasteiger partial charge in [-0.05, 0) is 70.0 Å². The van der Waals surface area contributed by atoms with Gasteiger partial charge in [-0.2, -0.15) is 13.2 Å². The van der Waals surface area contributed by atoms with Gasteiger partial charge in [-0.25, -0.2) is 0 Å². The van der Waals surface area contributed by atoms with Gasteiger partial charge in [0.2, 0.25) is 0 Å². The smallest absolute Gasteiger partial charge is 0.416 e. The van der Waals surface area contributed by atoms with Crippen LogP contribution in [-0.4, -0.2) is 59.0 Å². The second kappa shape index (κ2) is 9.54. The van der Waals surface area contributed by atoms with Gasteiger partial charge in [-0.15, -0.1) is 10.2 Å². The number of hydrogen-bond acceptors (Lipinski definition) is 7. The Labute approximate surface area is 191 Å². The Bertz CT molecular complexity index is 1010. The third kappa shape index (κ3) is 5.93. The number of rotatable bonds is 6. The molecule has 1 fully saturated rings. The number of nitrogens with one attached hydrogen (secondary N) is 1. The van der Waals surface area contributed by atoms with E-state index in [0.29, 0.717) is 29.7 Å². The van der Waals surface area contributed by atoms with Gasteiger partial charge in [-0.3, -0.25) is 4.79 Å². The number of aromatic hydroxyl groups is 1. The predicted molar refractivity (Wildman–Crippen MR) is 118 cm³/mol. The summed E-state index contributed by atoms with van der Waals surface area (Å²) >= 11 is 0. The molecule has 10 heteroatoms. The van der Waals surface area contributed by atoms with Gasteiger partial charge in [0.15, 0.2) is 0 Å². The van der Waals surface area contributed by atoms with Crippen molar-refractivity contribution in [1.29, 1.82) is 0 Å². The number of aryl methyl sites for hydroxylation is 1. The molecule has 1 aromatic carbocycles. The number of ether oxygens (including phenoxy) is 1. The molecular weight excluding hydrogens is 437 g/mol. The quantitative estimate of drug-likeness (QED) is 0.616. The number of carbonyl (C=O) groups is 1. The summed E-state index contributed by atoms with van der Waals surface area (Å²) in [6.07, 6.45) is -2.65. The summed E-state index contributed by atoms with van der Waals surface area (Å²) in [5.74, 6) is -0.206. The van der Waals surface area contributed by atoms with E-state index in [1.54, 1.807) is 13.0 Å². The van der Waals surface area contributed by atoms with Gasteiger partial charge in [0, 0.05) is 24.7 Å². The Hall–Kier alpha value is -2.88. The van der Waals surface area contributed by atoms with Crippen LogP contribution in [0.15, 0.2) is 24.3 Å². The van der Waals surface area contributed by atoms with Gasteiger partial charge in [0.05, 0.1) is 23.8 Å². The van der Waals surface area contributed by atoms with Crippen LogP contribution in [0, 0.1) is 12.3 Å². The molecule has 0 spiro atoms. The number of phenols is 1. The number of phenolic OH excluding ortho intramolecular Hbond substituents is 1. The first kappa shape index (κ1) is 24.8. The van der Waals surface area contributed by atoms with Crippen molar-refractivity contribution in [3.05, 3.63) is 35.4 Å². The third-order valence-electron chi connectivity index (χ3n) is 5.78. The first-order chi connectivity index (χ1) is 15.4. The van der Waals surface area contributed by atoms with Crippen LogP contribution in [0.1, 0.15) is 37.8 Å². The SMILES string of the molecule is COC(=O)C(C)(C)CN1CCC[C@@H](Nc2cc(C)c(-c3ccc(C(F)(F)F)cc3O)nn2)C1. The van der Waals surface area contributed by atoms with Crippen molar-refractivity contribution >= 4 is 11.8 Å². The highest BCUT2D eigenvalue weighted by Crippen LogP contribution is 2.37. The lowest BCUT2D eigenvalue weighted by molar-refractivity contribution is -0.152. The standard InChI is InChI=1S/C23H29F3N4O3/c1-14-10-19(27-16-6-5-9-30(12-16)13-22(2,3)21(32)33-4)28-29-20(14)17-8-7-15(11-18(17)31)23(24,25)26/h7-8,10-11,16,31H,5-6,9,12-13H2,1-4H3,(H,27,28)/t16-/m1/s1. The van der Waals surface area contributed by atoms with Crippen LogP contribution in [0.5, 0.6) is 5.75 Å². The van der Waals surface area contributed by atoms with E-state index in [1.807, 2.05) is 13.8 Å². The fraction of sp³-hybridized carbons (Fsp3) is 0.522. The van der Waals surface area contributed by atoms with E-state index in [1.165, 1.54) is 13.2 Å². The summed E-state index contributed by atoms with van der Waals surface area (Å²) in [5.41, 5.74) is -0.365. The first-order valence-electron chi connectivity index (χ1n) is 10.7. The second-order valence-corrected chi connectivity index (χ2v) is 9.08. The van der Waals surface area contributed by atoms with E-state index in [4.69, 9.17) is 4.74 Å². The number of aromatic nitrogens is 2. The molecule has 1 aliphatic rings. The van der Waals surface area contributed by atoms with Gasteiger partial charge in [0.1, 0.15) is 11.6 Å². The number of hydrogen-bond donors (Lipinski definition) is 2. The van der Waals surface area contributed by atoms with Crippen molar-refractivity contribution < 1.29 is 27.8 Å². The number of alkyl halides is 3. The number of likely N-dealkylation sites (tertiary alicyclic amines) is 1. The number of piperidine rings is 1. The molecule has 2 heterocycles. The van der Waals surface area contributed by atoms with Crippen molar-refractivity contribution in [2.45, 2.75) is 45.8 Å². The van der Waals surface area contributed by atoms with Crippen LogP contribution < -0.4 is 5.32 Å². The molecular formula is C23H29F3N4O3. The number of anilines is 1. The van der Waals surface area contributed by atoms with Crippen molar-refractivity contribution in [2.24, 2.45) is 5.41 Å². The normalized spacial score (nSPS) is 17.6. The van der Waals surface area contributed by atoms with Gasteiger partial charge >= 0.3 is 12.1 Å². The molecule has 1 saturated heterocycles. The van der Waals surface area contributed by atoms with Crippen molar-refractivity contribution in [3.8, 4) is 17.0 Å². The Balaban J connectivity index is 1.70. The van der Waals surface area contributed by atoms with Crippen molar-refractivity contribution in [3.63, 3.8) is 0 Å². The zero-order valence-corrected chi connectivity index (χ0v) is 19.2. The molecule has 0 saturated carbocycles. The molecule has 0 unspecified atom stereocenters. The lowest BCUT2D eigenvalue weighted by atomic mass is 9.91. The molecule has 180 valence electrons. The van der Waals surface area contributed by atoms with Crippen LogP contribution >= 0.6 is 0 Å². The third-order valence-corrected chi connectivity index (χ3v) is 5.78. The molecule has 7 nitrogen and oxygen atoms in total. The Kier molecular flexibility index (Phi) is 7.16. The van der Waals surface area contributed by atoms with Crippen LogP contribution in [0.4, 0.5) is 19.0 Å². The summed E-state index contributed by atoms with van der Waals surface area (Å²) < 4.78 is 43.5. The molecule has 0 aliphatic carbocycles. The summed E-state index contributed by atoms with van der Waals surface area (Å²) in [5, 5.41) is 21.8. The number of halogens is 3. The van der Waals surface area contributed by atoms with Gasteiger partial charge in [0.25, 0.3) is 0 Å². The number of benzene rings is 1. The monoisotopic (exact) mass is 466 g/mol. The highest BCUT2D eigenvalue weighted by atomic mass is 19.4. The Morgan fingerprint density at radius 1 is 1.27 bits per heavy atom. The molecule has 1 atom stereocenters. The van der Waals surface area contributed by atoms with E-state index in [0.717, 1.165) is 32.0 Å². The van der Waals surface area contributed by atoms with E-state index in [-0.39, 0.29) is 17.6 Å². The molecule has 1 aromatic heterocycles. The largest absolute Gasteiger partial charge is 0.507 e. The molecule has 3 rings (SSSR count). The van der Waals surface area contributed by atoms with Crippen LogP contribution in [0.25, 0.3) is 11.3 Å². The van der Waals surface area contributed by atoms with E-state index in [9.17, 15) is 23.1 Å². The second-order valence-electron chi connectivity index (χ2n) is 9.08. The predicted octanol–water partition coefficient (Wildman–Crippen LogP) is 4.25. The fourth-order valence-corrected chi connectivity index (χ4v) is 4.16. The van der Waals surface area contributed by atoms with Crippen LogP contribution in [0.3, 0.4) is 0 Å². The van der Waals surface area contributed by atoms with E-state index >= 15 is 0 Å². The maximum absolute atomic E-state index is 12.9.